The average molecular weight is 222 g/mol. The molecule has 1 aliphatic heterocycles. The molecule has 0 radical (unpaired) electrons. The van der Waals surface area contributed by atoms with E-state index in [1.165, 1.54) is 5.56 Å². The zero-order valence-electron chi connectivity index (χ0n) is 9.43. The molecular formula is C13H18O3. The molecule has 1 aromatic rings. The minimum absolute atomic E-state index is 0.366. The molecule has 88 valence electrons. The lowest BCUT2D eigenvalue weighted by atomic mass is 10.2. The molecule has 0 aliphatic carbocycles. The van der Waals surface area contributed by atoms with E-state index in [9.17, 15) is 0 Å². The molecule has 3 nitrogen and oxygen atoms in total. The van der Waals surface area contributed by atoms with Crippen LogP contribution >= 0.6 is 0 Å². The van der Waals surface area contributed by atoms with E-state index in [-0.39, 0.29) is 0 Å². The zero-order chi connectivity index (χ0) is 11.1. The zero-order valence-corrected chi connectivity index (χ0v) is 9.43. The van der Waals surface area contributed by atoms with Crippen molar-refractivity contribution >= 4 is 0 Å². The summed E-state index contributed by atoms with van der Waals surface area (Å²) in [6.45, 7) is 3.80. The van der Waals surface area contributed by atoms with Crippen LogP contribution in [0.15, 0.2) is 30.3 Å². The highest BCUT2D eigenvalue weighted by Gasteiger charge is 2.21. The molecule has 0 amide bonds. The smallest absolute Gasteiger partial charge is 0.104 e. The predicted molar refractivity (Wildman–Crippen MR) is 61.3 cm³/mol. The fourth-order valence-electron chi connectivity index (χ4n) is 1.41. The summed E-state index contributed by atoms with van der Waals surface area (Å²) in [4.78, 5) is 0. The van der Waals surface area contributed by atoms with Gasteiger partial charge in [0, 0.05) is 13.2 Å². The van der Waals surface area contributed by atoms with Gasteiger partial charge in [-0.25, -0.2) is 0 Å². The number of hydrogen-bond acceptors (Lipinski definition) is 3. The van der Waals surface area contributed by atoms with Gasteiger partial charge in [-0.05, 0) is 12.0 Å². The second-order valence-electron chi connectivity index (χ2n) is 3.92. The van der Waals surface area contributed by atoms with E-state index >= 15 is 0 Å². The molecule has 1 fully saturated rings. The van der Waals surface area contributed by atoms with Gasteiger partial charge in [-0.3, -0.25) is 0 Å². The quantitative estimate of drug-likeness (QED) is 0.498. The van der Waals surface area contributed by atoms with E-state index < -0.39 is 0 Å². The minimum Gasteiger partial charge on any atom is -0.379 e. The van der Waals surface area contributed by atoms with Crippen molar-refractivity contribution in [2.75, 3.05) is 26.4 Å². The summed E-state index contributed by atoms with van der Waals surface area (Å²) in [5, 5.41) is 0. The van der Waals surface area contributed by atoms with E-state index in [4.69, 9.17) is 14.2 Å². The van der Waals surface area contributed by atoms with Crippen LogP contribution in [0.5, 0.6) is 0 Å². The predicted octanol–water partition coefficient (Wildman–Crippen LogP) is 2.01. The first kappa shape index (κ1) is 11.6. The van der Waals surface area contributed by atoms with Crippen molar-refractivity contribution in [3.05, 3.63) is 35.9 Å². The van der Waals surface area contributed by atoms with Crippen LogP contribution in [0.2, 0.25) is 0 Å². The van der Waals surface area contributed by atoms with Gasteiger partial charge >= 0.3 is 0 Å². The Morgan fingerprint density at radius 2 is 1.88 bits per heavy atom. The Labute approximate surface area is 96.3 Å². The molecule has 2 rings (SSSR count). The highest BCUT2D eigenvalue weighted by Crippen LogP contribution is 2.08. The highest BCUT2D eigenvalue weighted by atomic mass is 16.6. The number of epoxide rings is 1. The van der Waals surface area contributed by atoms with Crippen LogP contribution < -0.4 is 0 Å². The van der Waals surface area contributed by atoms with Gasteiger partial charge in [0.1, 0.15) is 6.10 Å². The van der Waals surface area contributed by atoms with E-state index in [0.717, 1.165) is 32.8 Å². The fraction of sp³-hybridized carbons (Fsp3) is 0.538. The Bertz CT molecular complexity index is 282. The van der Waals surface area contributed by atoms with E-state index in [2.05, 4.69) is 12.1 Å². The van der Waals surface area contributed by atoms with Gasteiger partial charge < -0.3 is 14.2 Å². The maximum absolute atomic E-state index is 5.53. The second kappa shape index (κ2) is 6.63. The van der Waals surface area contributed by atoms with Crippen molar-refractivity contribution in [3.8, 4) is 0 Å². The van der Waals surface area contributed by atoms with Crippen molar-refractivity contribution < 1.29 is 14.2 Å². The molecule has 0 bridgehead atoms. The summed E-state index contributed by atoms with van der Waals surface area (Å²) >= 11 is 0. The monoisotopic (exact) mass is 222 g/mol. The minimum atomic E-state index is 0.366. The van der Waals surface area contributed by atoms with E-state index in [1.807, 2.05) is 18.2 Å². The number of hydrogen-bond donors (Lipinski definition) is 0. The van der Waals surface area contributed by atoms with E-state index in [0.29, 0.717) is 12.7 Å². The molecule has 0 aromatic heterocycles. The van der Waals surface area contributed by atoms with Crippen LogP contribution in [0.1, 0.15) is 12.0 Å². The van der Waals surface area contributed by atoms with Gasteiger partial charge in [-0.15, -0.1) is 0 Å². The van der Waals surface area contributed by atoms with Crippen molar-refractivity contribution in [2.45, 2.75) is 19.1 Å². The fourth-order valence-corrected chi connectivity index (χ4v) is 1.41. The summed E-state index contributed by atoms with van der Waals surface area (Å²) in [6, 6.07) is 10.2. The van der Waals surface area contributed by atoms with Crippen molar-refractivity contribution in [1.82, 2.24) is 0 Å². The molecule has 3 heteroatoms. The van der Waals surface area contributed by atoms with Gasteiger partial charge in [0.2, 0.25) is 0 Å². The van der Waals surface area contributed by atoms with Crippen LogP contribution in [0.25, 0.3) is 0 Å². The molecule has 1 aliphatic rings. The lowest BCUT2D eigenvalue weighted by molar-refractivity contribution is 0.0696. The maximum Gasteiger partial charge on any atom is 0.104 e. The number of benzene rings is 1. The summed E-state index contributed by atoms with van der Waals surface area (Å²) in [5.74, 6) is 0. The summed E-state index contributed by atoms with van der Waals surface area (Å²) in [6.07, 6.45) is 1.31. The third-order valence-electron chi connectivity index (χ3n) is 2.40. The number of ether oxygens (including phenoxy) is 3. The normalized spacial score (nSPS) is 18.6. The molecule has 1 saturated heterocycles. The Hall–Kier alpha value is -0.900. The van der Waals surface area contributed by atoms with Gasteiger partial charge in [0.05, 0.1) is 19.8 Å². The molecule has 0 saturated carbocycles. The lowest BCUT2D eigenvalue weighted by Gasteiger charge is -2.04. The van der Waals surface area contributed by atoms with E-state index in [1.54, 1.807) is 0 Å². The SMILES string of the molecule is c1ccc(COCCCOCC2CO2)cc1. The maximum atomic E-state index is 5.53. The molecule has 1 atom stereocenters. The highest BCUT2D eigenvalue weighted by molar-refractivity contribution is 5.13. The second-order valence-corrected chi connectivity index (χ2v) is 3.92. The van der Waals surface area contributed by atoms with Gasteiger partial charge in [0.15, 0.2) is 0 Å². The van der Waals surface area contributed by atoms with Gasteiger partial charge in [-0.1, -0.05) is 30.3 Å². The molecular weight excluding hydrogens is 204 g/mol. The molecule has 0 N–H and O–H groups in total. The first-order valence-corrected chi connectivity index (χ1v) is 5.76. The Morgan fingerprint density at radius 3 is 2.62 bits per heavy atom. The van der Waals surface area contributed by atoms with Crippen molar-refractivity contribution in [3.63, 3.8) is 0 Å². The largest absolute Gasteiger partial charge is 0.379 e. The van der Waals surface area contributed by atoms with Crippen LogP contribution in [0.3, 0.4) is 0 Å². The Balaban J connectivity index is 1.42. The number of rotatable bonds is 8. The third kappa shape index (κ3) is 4.75. The van der Waals surface area contributed by atoms with Crippen LogP contribution in [-0.2, 0) is 20.8 Å². The lowest BCUT2D eigenvalue weighted by Crippen LogP contribution is -2.05. The van der Waals surface area contributed by atoms with Crippen LogP contribution in [0, 0.1) is 0 Å². The topological polar surface area (TPSA) is 31.0 Å². The van der Waals surface area contributed by atoms with Gasteiger partial charge in [0.25, 0.3) is 0 Å². The standard InChI is InChI=1S/C13H18O3/c1-2-5-12(6-3-1)9-14-7-4-8-15-10-13-11-16-13/h1-3,5-6,13H,4,7-11H2. The van der Waals surface area contributed by atoms with Crippen LogP contribution in [-0.4, -0.2) is 32.5 Å². The van der Waals surface area contributed by atoms with Crippen LogP contribution in [0.4, 0.5) is 0 Å². The van der Waals surface area contributed by atoms with Crippen molar-refractivity contribution in [2.24, 2.45) is 0 Å². The molecule has 16 heavy (non-hydrogen) atoms. The Kier molecular flexibility index (Phi) is 4.80. The van der Waals surface area contributed by atoms with Crippen molar-refractivity contribution in [1.29, 1.82) is 0 Å². The summed E-state index contributed by atoms with van der Waals surface area (Å²) in [7, 11) is 0. The first-order valence-electron chi connectivity index (χ1n) is 5.76. The summed E-state index contributed by atoms with van der Waals surface area (Å²) < 4.78 is 16.0. The molecule has 1 aromatic carbocycles. The van der Waals surface area contributed by atoms with Gasteiger partial charge in [-0.2, -0.15) is 0 Å². The first-order chi connectivity index (χ1) is 7.95. The molecule has 0 spiro atoms. The molecule has 1 unspecified atom stereocenters. The average Bonchev–Trinajstić information content (AvgIpc) is 3.13. The molecule has 1 heterocycles. The Morgan fingerprint density at radius 1 is 1.12 bits per heavy atom. The third-order valence-corrected chi connectivity index (χ3v) is 2.40. The summed E-state index contributed by atoms with van der Waals surface area (Å²) in [5.41, 5.74) is 1.22.